The lowest BCUT2D eigenvalue weighted by Gasteiger charge is -2.16. The molecule has 0 aromatic heterocycles. The molecule has 66 valence electrons. The first-order valence-electron chi connectivity index (χ1n) is 3.68. The summed E-state index contributed by atoms with van der Waals surface area (Å²) in [5.74, 6) is 0.936. The van der Waals surface area contributed by atoms with Gasteiger partial charge in [-0.1, -0.05) is 12.0 Å². The van der Waals surface area contributed by atoms with Crippen molar-refractivity contribution in [2.45, 2.75) is 24.8 Å². The van der Waals surface area contributed by atoms with Gasteiger partial charge in [0, 0.05) is 0 Å². The van der Waals surface area contributed by atoms with Crippen molar-refractivity contribution in [3.63, 3.8) is 0 Å². The molecule has 0 fully saturated rings. The lowest BCUT2D eigenvalue weighted by molar-refractivity contribution is -0.141. The standard InChI is InChI=1S/C9H13NO2/c1-3-5-6-7-9(10,4-2)8(11)12/h2-3H,1,5-7,10H2,(H,11,12)/t9-/m0/s1. The number of allylic oxidation sites excluding steroid dienone is 1. The van der Waals surface area contributed by atoms with E-state index in [2.05, 4.69) is 12.5 Å². The van der Waals surface area contributed by atoms with E-state index in [1.54, 1.807) is 6.08 Å². The third kappa shape index (κ3) is 2.77. The molecule has 0 spiro atoms. The molecule has 1 atom stereocenters. The molecule has 12 heavy (non-hydrogen) atoms. The molecule has 3 nitrogen and oxygen atoms in total. The molecule has 0 saturated carbocycles. The molecule has 0 unspecified atom stereocenters. The summed E-state index contributed by atoms with van der Waals surface area (Å²) < 4.78 is 0. The van der Waals surface area contributed by atoms with Crippen LogP contribution in [0, 0.1) is 12.3 Å². The van der Waals surface area contributed by atoms with Crippen LogP contribution in [0.15, 0.2) is 12.7 Å². The van der Waals surface area contributed by atoms with E-state index in [1.807, 2.05) is 0 Å². The molecular formula is C9H13NO2. The molecule has 3 heteroatoms. The molecule has 0 aromatic carbocycles. The molecule has 0 radical (unpaired) electrons. The molecule has 0 aromatic rings. The van der Waals surface area contributed by atoms with Gasteiger partial charge in [0.1, 0.15) is 0 Å². The van der Waals surface area contributed by atoms with Crippen LogP contribution in [-0.4, -0.2) is 16.6 Å². The third-order valence-electron chi connectivity index (χ3n) is 1.62. The van der Waals surface area contributed by atoms with Gasteiger partial charge in [-0.05, 0) is 19.3 Å². The molecule has 0 aliphatic rings. The van der Waals surface area contributed by atoms with Crippen LogP contribution in [0.25, 0.3) is 0 Å². The summed E-state index contributed by atoms with van der Waals surface area (Å²) in [6, 6.07) is 0. The van der Waals surface area contributed by atoms with Gasteiger partial charge in [0.2, 0.25) is 0 Å². The van der Waals surface area contributed by atoms with E-state index in [0.29, 0.717) is 6.42 Å². The van der Waals surface area contributed by atoms with E-state index in [1.165, 1.54) is 0 Å². The summed E-state index contributed by atoms with van der Waals surface area (Å²) in [6.07, 6.45) is 8.38. The predicted octanol–water partition coefficient (Wildman–Crippen LogP) is 0.758. The summed E-state index contributed by atoms with van der Waals surface area (Å²) in [5, 5.41) is 8.64. The van der Waals surface area contributed by atoms with Crippen molar-refractivity contribution in [1.82, 2.24) is 0 Å². The van der Waals surface area contributed by atoms with E-state index in [4.69, 9.17) is 17.3 Å². The van der Waals surface area contributed by atoms with E-state index >= 15 is 0 Å². The average Bonchev–Trinajstić information content (AvgIpc) is 2.04. The number of terminal acetylenes is 1. The average molecular weight is 167 g/mol. The number of hydrogen-bond donors (Lipinski definition) is 2. The summed E-state index contributed by atoms with van der Waals surface area (Å²) >= 11 is 0. The fourth-order valence-corrected chi connectivity index (χ4v) is 0.766. The van der Waals surface area contributed by atoms with Gasteiger partial charge < -0.3 is 10.8 Å². The van der Waals surface area contributed by atoms with Crippen molar-refractivity contribution in [1.29, 1.82) is 0 Å². The van der Waals surface area contributed by atoms with Crippen molar-refractivity contribution in [2.24, 2.45) is 5.73 Å². The van der Waals surface area contributed by atoms with E-state index in [0.717, 1.165) is 6.42 Å². The summed E-state index contributed by atoms with van der Waals surface area (Å²) in [5.41, 5.74) is 3.90. The van der Waals surface area contributed by atoms with Gasteiger partial charge in [0.25, 0.3) is 0 Å². The van der Waals surface area contributed by atoms with Crippen molar-refractivity contribution >= 4 is 5.97 Å². The number of carboxylic acid groups (broad SMARTS) is 1. The molecule has 0 heterocycles. The second kappa shape index (κ2) is 4.58. The smallest absolute Gasteiger partial charge is 0.336 e. The summed E-state index contributed by atoms with van der Waals surface area (Å²) in [4.78, 5) is 10.6. The first kappa shape index (κ1) is 10.7. The van der Waals surface area contributed by atoms with Gasteiger partial charge >= 0.3 is 5.97 Å². The van der Waals surface area contributed by atoms with E-state index in [9.17, 15) is 4.79 Å². The Morgan fingerprint density at radius 1 is 1.83 bits per heavy atom. The van der Waals surface area contributed by atoms with Gasteiger partial charge in [0.15, 0.2) is 5.54 Å². The zero-order chi connectivity index (χ0) is 9.61. The Hall–Kier alpha value is -1.27. The first-order valence-corrected chi connectivity index (χ1v) is 3.68. The third-order valence-corrected chi connectivity index (χ3v) is 1.62. The maximum absolute atomic E-state index is 10.6. The van der Waals surface area contributed by atoms with Crippen LogP contribution >= 0.6 is 0 Å². The Kier molecular flexibility index (Phi) is 4.09. The fourth-order valence-electron chi connectivity index (χ4n) is 0.766. The van der Waals surface area contributed by atoms with E-state index in [-0.39, 0.29) is 6.42 Å². The topological polar surface area (TPSA) is 63.3 Å². The van der Waals surface area contributed by atoms with Crippen molar-refractivity contribution in [3.8, 4) is 12.3 Å². The molecule has 3 N–H and O–H groups in total. The lowest BCUT2D eigenvalue weighted by atomic mass is 9.95. The van der Waals surface area contributed by atoms with Crippen LogP contribution in [0.4, 0.5) is 0 Å². The molecule has 0 aliphatic heterocycles. The van der Waals surface area contributed by atoms with Crippen LogP contribution in [0.1, 0.15) is 19.3 Å². The van der Waals surface area contributed by atoms with Crippen molar-refractivity contribution < 1.29 is 9.90 Å². The minimum Gasteiger partial charge on any atom is -0.479 e. The zero-order valence-corrected chi connectivity index (χ0v) is 6.92. The molecule has 0 rings (SSSR count). The largest absolute Gasteiger partial charge is 0.479 e. The predicted molar refractivity (Wildman–Crippen MR) is 47.4 cm³/mol. The Bertz CT molecular complexity index is 217. The number of carboxylic acids is 1. The van der Waals surface area contributed by atoms with Crippen LogP contribution < -0.4 is 5.73 Å². The molecule has 0 bridgehead atoms. The molecule has 0 aliphatic carbocycles. The number of nitrogens with two attached hydrogens (primary N) is 1. The van der Waals surface area contributed by atoms with Crippen LogP contribution in [-0.2, 0) is 4.79 Å². The Balaban J connectivity index is 4.08. The highest BCUT2D eigenvalue weighted by molar-refractivity contribution is 5.82. The maximum Gasteiger partial charge on any atom is 0.336 e. The Morgan fingerprint density at radius 2 is 2.42 bits per heavy atom. The number of hydrogen-bond acceptors (Lipinski definition) is 2. The van der Waals surface area contributed by atoms with Crippen molar-refractivity contribution in [2.75, 3.05) is 0 Å². The van der Waals surface area contributed by atoms with Gasteiger partial charge in [0.05, 0.1) is 0 Å². The van der Waals surface area contributed by atoms with Gasteiger partial charge in [-0.3, -0.25) is 0 Å². The van der Waals surface area contributed by atoms with Gasteiger partial charge in [-0.25, -0.2) is 4.79 Å². The highest BCUT2D eigenvalue weighted by Crippen LogP contribution is 2.10. The maximum atomic E-state index is 10.6. The zero-order valence-electron chi connectivity index (χ0n) is 6.92. The highest BCUT2D eigenvalue weighted by Gasteiger charge is 2.30. The lowest BCUT2D eigenvalue weighted by Crippen LogP contribution is -2.46. The number of rotatable bonds is 5. The number of aliphatic carboxylic acids is 1. The normalized spacial score (nSPS) is 14.3. The Morgan fingerprint density at radius 3 is 2.75 bits per heavy atom. The Labute approximate surface area is 72.3 Å². The van der Waals surface area contributed by atoms with Gasteiger partial charge in [-0.2, -0.15) is 0 Å². The summed E-state index contributed by atoms with van der Waals surface area (Å²) in [7, 11) is 0. The summed E-state index contributed by atoms with van der Waals surface area (Å²) in [6.45, 7) is 3.51. The second-order valence-corrected chi connectivity index (χ2v) is 2.60. The molecular weight excluding hydrogens is 154 g/mol. The minimum atomic E-state index is -1.51. The van der Waals surface area contributed by atoms with Crippen molar-refractivity contribution in [3.05, 3.63) is 12.7 Å². The monoisotopic (exact) mass is 167 g/mol. The van der Waals surface area contributed by atoms with E-state index < -0.39 is 11.5 Å². The first-order chi connectivity index (χ1) is 5.56. The number of unbranched alkanes of at least 4 members (excludes halogenated alkanes) is 1. The van der Waals surface area contributed by atoms with Crippen LogP contribution in [0.2, 0.25) is 0 Å². The van der Waals surface area contributed by atoms with Crippen LogP contribution in [0.3, 0.4) is 0 Å². The highest BCUT2D eigenvalue weighted by atomic mass is 16.4. The molecule has 0 amide bonds. The quantitative estimate of drug-likeness (QED) is 0.361. The fraction of sp³-hybridized carbons (Fsp3) is 0.444. The minimum absolute atomic E-state index is 0.283. The molecule has 0 saturated heterocycles. The second-order valence-electron chi connectivity index (χ2n) is 2.60. The number of carbonyl (C=O) groups is 1. The van der Waals surface area contributed by atoms with Crippen LogP contribution in [0.5, 0.6) is 0 Å². The SMILES string of the molecule is C#C[C@](N)(CCCC=C)C(=O)O. The van der Waals surface area contributed by atoms with Gasteiger partial charge in [-0.15, -0.1) is 13.0 Å².